The van der Waals surface area contributed by atoms with Gasteiger partial charge >= 0.3 is 17.6 Å². The molecule has 0 aromatic rings. The van der Waals surface area contributed by atoms with Crippen LogP contribution in [0.3, 0.4) is 0 Å². The van der Waals surface area contributed by atoms with E-state index in [0.717, 1.165) is 153 Å². The van der Waals surface area contributed by atoms with Crippen molar-refractivity contribution >= 4 is 58.8 Å². The van der Waals surface area contributed by atoms with Gasteiger partial charge in [-0.15, -0.1) is 0 Å². The van der Waals surface area contributed by atoms with Crippen LogP contribution in [0.2, 0.25) is 12.1 Å². The number of unbranched alkanes of at least 4 members (excludes halogenated alkanes) is 6. The van der Waals surface area contributed by atoms with E-state index in [0.29, 0.717) is 0 Å². The van der Waals surface area contributed by atoms with Crippen molar-refractivity contribution in [2.24, 2.45) is 0 Å². The van der Waals surface area contributed by atoms with Crippen LogP contribution < -0.4 is 0 Å². The Balaban J connectivity index is 4.57. The third kappa shape index (κ3) is 24.8. The maximum atomic E-state index is 6.40. The standard InChI is InChI=1S/C30H66O6S4Si2/c1-7-13-21-31-41(32-22-14-8-2,33-23-15-9-3)29-19-27-37-39-40-38-28-20-30-42(34-24-16-10-4,35-25-17-11-5)36-26-18-12-6/h7-30H2,1-6H3. The van der Waals surface area contributed by atoms with Crippen LogP contribution in [-0.4, -0.2) is 68.8 Å². The molecule has 254 valence electrons. The third-order valence-corrected chi connectivity index (χ3v) is 18.9. The molecule has 0 rings (SSSR count). The summed E-state index contributed by atoms with van der Waals surface area (Å²) < 4.78 is 38.4. The first-order valence-electron chi connectivity index (χ1n) is 17.0. The zero-order valence-corrected chi connectivity index (χ0v) is 33.3. The van der Waals surface area contributed by atoms with Gasteiger partial charge in [0.2, 0.25) is 0 Å². The average Bonchev–Trinajstić information content (AvgIpc) is 2.99. The first-order chi connectivity index (χ1) is 20.6. The van der Waals surface area contributed by atoms with Gasteiger partial charge in [-0.25, -0.2) is 0 Å². The van der Waals surface area contributed by atoms with Gasteiger partial charge in [-0.05, 0) is 71.0 Å². The van der Waals surface area contributed by atoms with Crippen molar-refractivity contribution in [3.63, 3.8) is 0 Å². The largest absolute Gasteiger partial charge is 0.500 e. The van der Waals surface area contributed by atoms with Gasteiger partial charge in [-0.3, -0.25) is 0 Å². The van der Waals surface area contributed by atoms with Crippen molar-refractivity contribution < 1.29 is 26.6 Å². The first-order valence-corrected chi connectivity index (χ1v) is 26.0. The minimum absolute atomic E-state index is 0.746. The molecule has 6 nitrogen and oxygen atoms in total. The van der Waals surface area contributed by atoms with E-state index in [1.807, 2.05) is 41.2 Å². The van der Waals surface area contributed by atoms with E-state index >= 15 is 0 Å². The summed E-state index contributed by atoms with van der Waals surface area (Å²) in [5.74, 6) is 2.16. The summed E-state index contributed by atoms with van der Waals surface area (Å²) >= 11 is 0. The van der Waals surface area contributed by atoms with E-state index in [1.54, 1.807) is 0 Å². The highest BCUT2D eigenvalue weighted by Gasteiger charge is 2.41. The van der Waals surface area contributed by atoms with Crippen molar-refractivity contribution in [3.05, 3.63) is 0 Å². The molecule has 0 radical (unpaired) electrons. The summed E-state index contributed by atoms with van der Waals surface area (Å²) in [5, 5.41) is 0. The SMILES string of the molecule is CCCCO[Si](CCCSSSSCCC[Si](OCCCC)(OCCCC)OCCCC)(OCCCC)OCCCC. The first kappa shape index (κ1) is 43.6. The van der Waals surface area contributed by atoms with E-state index in [4.69, 9.17) is 26.6 Å². The van der Waals surface area contributed by atoms with Gasteiger partial charge < -0.3 is 26.6 Å². The Morgan fingerprint density at radius 1 is 0.357 bits per heavy atom. The molecule has 0 bridgehead atoms. The molecule has 0 aromatic heterocycles. The fraction of sp³-hybridized carbons (Fsp3) is 1.00. The van der Waals surface area contributed by atoms with Crippen LogP contribution >= 0.6 is 41.2 Å². The van der Waals surface area contributed by atoms with Gasteiger partial charge in [-0.1, -0.05) is 102 Å². The highest BCUT2D eigenvalue weighted by molar-refractivity contribution is 9.26. The summed E-state index contributed by atoms with van der Waals surface area (Å²) in [6.07, 6.45) is 15.3. The monoisotopic (exact) mass is 706 g/mol. The molecular weight excluding hydrogens is 641 g/mol. The molecular formula is C30H66O6S4Si2. The van der Waals surface area contributed by atoms with Gasteiger partial charge in [0, 0.05) is 63.2 Å². The second-order valence-electron chi connectivity index (χ2n) is 10.6. The van der Waals surface area contributed by atoms with E-state index in [-0.39, 0.29) is 0 Å². The fourth-order valence-electron chi connectivity index (χ4n) is 3.72. The molecule has 0 heterocycles. The molecule has 0 saturated carbocycles. The molecule has 0 atom stereocenters. The highest BCUT2D eigenvalue weighted by Crippen LogP contribution is 2.44. The molecule has 0 aliphatic carbocycles. The van der Waals surface area contributed by atoms with Crippen molar-refractivity contribution in [3.8, 4) is 0 Å². The Hall–Kier alpha value is 1.59. The zero-order chi connectivity index (χ0) is 31.0. The summed E-state index contributed by atoms with van der Waals surface area (Å²) in [7, 11) is 2.40. The Morgan fingerprint density at radius 3 is 0.810 bits per heavy atom. The predicted octanol–water partition coefficient (Wildman–Crippen LogP) is 11.2. The van der Waals surface area contributed by atoms with E-state index < -0.39 is 17.6 Å². The van der Waals surface area contributed by atoms with E-state index in [2.05, 4.69) is 41.5 Å². The van der Waals surface area contributed by atoms with E-state index in [1.165, 1.54) is 0 Å². The molecule has 0 spiro atoms. The van der Waals surface area contributed by atoms with Crippen LogP contribution in [0, 0.1) is 0 Å². The minimum Gasteiger partial charge on any atom is -0.373 e. The van der Waals surface area contributed by atoms with Gasteiger partial charge in [0.25, 0.3) is 0 Å². The summed E-state index contributed by atoms with van der Waals surface area (Å²) in [6.45, 7) is 17.7. The molecule has 0 fully saturated rings. The lowest BCUT2D eigenvalue weighted by Gasteiger charge is -2.30. The molecule has 0 aromatic carbocycles. The van der Waals surface area contributed by atoms with Crippen molar-refractivity contribution in [1.29, 1.82) is 0 Å². The topological polar surface area (TPSA) is 55.4 Å². The van der Waals surface area contributed by atoms with Crippen LogP contribution in [0.25, 0.3) is 0 Å². The average molecular weight is 707 g/mol. The van der Waals surface area contributed by atoms with Crippen LogP contribution in [0.4, 0.5) is 0 Å². The maximum absolute atomic E-state index is 6.40. The number of hydrogen-bond donors (Lipinski definition) is 0. The lowest BCUT2D eigenvalue weighted by atomic mass is 10.4. The maximum Gasteiger partial charge on any atom is 0.500 e. The van der Waals surface area contributed by atoms with Crippen LogP contribution in [0.5, 0.6) is 0 Å². The molecule has 12 heteroatoms. The van der Waals surface area contributed by atoms with Crippen LogP contribution in [0.1, 0.15) is 131 Å². The lowest BCUT2D eigenvalue weighted by Crippen LogP contribution is -2.46. The van der Waals surface area contributed by atoms with E-state index in [9.17, 15) is 0 Å². The fourth-order valence-corrected chi connectivity index (χ4v) is 15.7. The van der Waals surface area contributed by atoms with Crippen molar-refractivity contribution in [2.75, 3.05) is 51.1 Å². The molecule has 0 aliphatic rings. The van der Waals surface area contributed by atoms with Crippen molar-refractivity contribution in [2.45, 2.75) is 144 Å². The number of hydrogen-bond acceptors (Lipinski definition) is 10. The normalized spacial score (nSPS) is 12.4. The molecule has 42 heavy (non-hydrogen) atoms. The Kier molecular flexibility index (Phi) is 33.8. The molecule has 0 aliphatic heterocycles. The smallest absolute Gasteiger partial charge is 0.373 e. The van der Waals surface area contributed by atoms with Crippen LogP contribution in [-0.2, 0) is 26.6 Å². The minimum atomic E-state index is -2.61. The second kappa shape index (κ2) is 32.5. The third-order valence-electron chi connectivity index (χ3n) is 6.46. The summed E-state index contributed by atoms with van der Waals surface area (Å²) in [6, 6.07) is 1.83. The zero-order valence-electron chi connectivity index (χ0n) is 28.1. The Bertz CT molecular complexity index is 459. The van der Waals surface area contributed by atoms with Gasteiger partial charge in [0.1, 0.15) is 0 Å². The van der Waals surface area contributed by atoms with Crippen molar-refractivity contribution in [1.82, 2.24) is 0 Å². The lowest BCUT2D eigenvalue weighted by molar-refractivity contribution is 0.0555. The quantitative estimate of drug-likeness (QED) is 0.0361. The summed E-state index contributed by atoms with van der Waals surface area (Å²) in [5.41, 5.74) is 0. The number of rotatable bonds is 35. The van der Waals surface area contributed by atoms with Crippen LogP contribution in [0.15, 0.2) is 0 Å². The van der Waals surface area contributed by atoms with Gasteiger partial charge in [0.05, 0.1) is 0 Å². The van der Waals surface area contributed by atoms with Gasteiger partial charge in [0.15, 0.2) is 0 Å². The molecule has 0 saturated heterocycles. The molecule has 0 N–H and O–H groups in total. The van der Waals surface area contributed by atoms with Gasteiger partial charge in [-0.2, -0.15) is 0 Å². The second-order valence-corrected chi connectivity index (χ2v) is 22.3. The summed E-state index contributed by atoms with van der Waals surface area (Å²) in [4.78, 5) is 0. The molecule has 0 amide bonds. The predicted molar refractivity (Wildman–Crippen MR) is 196 cm³/mol. The Morgan fingerprint density at radius 2 is 0.595 bits per heavy atom. The highest BCUT2D eigenvalue weighted by atomic mass is 33.7. The molecule has 0 unspecified atom stereocenters. The Labute approximate surface area is 278 Å².